The fraction of sp³-hybridized carbons (Fsp3) is 0.765. The maximum absolute atomic E-state index is 12.2. The standard InChI is InChI=1S/C17H28N4O/c1-19(2)16(22)15-4-5-17(10-15)6-8-21(9-7-17)13-14-11-18-20(3)12-14/h11-12,15H,4-10,13H2,1-3H3. The first-order valence-corrected chi connectivity index (χ1v) is 8.38. The Kier molecular flexibility index (Phi) is 4.26. The maximum atomic E-state index is 12.2. The molecule has 1 amide bonds. The van der Waals surface area contributed by atoms with E-state index in [0.29, 0.717) is 11.3 Å². The van der Waals surface area contributed by atoms with Crippen LogP contribution in [-0.2, 0) is 18.4 Å². The van der Waals surface area contributed by atoms with Gasteiger partial charge in [-0.05, 0) is 50.6 Å². The van der Waals surface area contributed by atoms with E-state index in [1.165, 1.54) is 24.8 Å². The third kappa shape index (κ3) is 3.19. The van der Waals surface area contributed by atoms with Gasteiger partial charge in [-0.2, -0.15) is 5.10 Å². The van der Waals surface area contributed by atoms with Crippen LogP contribution in [0.3, 0.4) is 0 Å². The summed E-state index contributed by atoms with van der Waals surface area (Å²) in [6.07, 6.45) is 9.97. The zero-order valence-corrected chi connectivity index (χ0v) is 14.1. The molecular weight excluding hydrogens is 276 g/mol. The van der Waals surface area contributed by atoms with E-state index in [4.69, 9.17) is 0 Å². The third-order valence-electron chi connectivity index (χ3n) is 5.57. The number of carbonyl (C=O) groups is 1. The second kappa shape index (κ2) is 6.03. The van der Waals surface area contributed by atoms with E-state index in [1.807, 2.05) is 32.0 Å². The van der Waals surface area contributed by atoms with Crippen LogP contribution in [0.1, 0.15) is 37.7 Å². The molecule has 1 aliphatic carbocycles. The van der Waals surface area contributed by atoms with Crippen LogP contribution in [0.4, 0.5) is 0 Å². The highest BCUT2D eigenvalue weighted by Gasteiger charge is 2.43. The Morgan fingerprint density at radius 2 is 2.09 bits per heavy atom. The zero-order valence-electron chi connectivity index (χ0n) is 14.1. The van der Waals surface area contributed by atoms with Crippen molar-refractivity contribution in [3.8, 4) is 0 Å². The number of nitrogens with zero attached hydrogens (tertiary/aromatic N) is 4. The van der Waals surface area contributed by atoms with Crippen LogP contribution < -0.4 is 0 Å². The van der Waals surface area contributed by atoms with Crippen LogP contribution >= 0.6 is 0 Å². The summed E-state index contributed by atoms with van der Waals surface area (Å²) in [6.45, 7) is 3.31. The Morgan fingerprint density at radius 3 is 2.68 bits per heavy atom. The van der Waals surface area contributed by atoms with E-state index in [1.54, 1.807) is 4.90 Å². The first kappa shape index (κ1) is 15.5. The second-order valence-corrected chi connectivity index (χ2v) is 7.47. The van der Waals surface area contributed by atoms with E-state index >= 15 is 0 Å². The molecule has 1 saturated carbocycles. The highest BCUT2D eigenvalue weighted by Crippen LogP contribution is 2.49. The van der Waals surface area contributed by atoms with Gasteiger partial charge in [-0.15, -0.1) is 0 Å². The number of likely N-dealkylation sites (tertiary alicyclic amines) is 1. The van der Waals surface area contributed by atoms with Crippen molar-refractivity contribution in [2.24, 2.45) is 18.4 Å². The fourth-order valence-corrected chi connectivity index (χ4v) is 4.23. The quantitative estimate of drug-likeness (QED) is 0.856. The lowest BCUT2D eigenvalue weighted by atomic mass is 9.76. The van der Waals surface area contributed by atoms with Crippen molar-refractivity contribution in [2.75, 3.05) is 27.2 Å². The van der Waals surface area contributed by atoms with Gasteiger partial charge in [-0.1, -0.05) is 0 Å². The number of hydrogen-bond acceptors (Lipinski definition) is 3. The normalized spacial score (nSPS) is 24.8. The molecule has 0 radical (unpaired) electrons. The van der Waals surface area contributed by atoms with Crippen molar-refractivity contribution in [2.45, 2.75) is 38.6 Å². The van der Waals surface area contributed by atoms with Gasteiger partial charge in [0.1, 0.15) is 0 Å². The minimum atomic E-state index is 0.264. The van der Waals surface area contributed by atoms with Gasteiger partial charge in [0.2, 0.25) is 5.91 Å². The Balaban J connectivity index is 1.52. The molecule has 1 aliphatic heterocycles. The third-order valence-corrected chi connectivity index (χ3v) is 5.57. The lowest BCUT2D eigenvalue weighted by Crippen LogP contribution is -2.39. The molecule has 122 valence electrons. The molecule has 0 aromatic carbocycles. The fourth-order valence-electron chi connectivity index (χ4n) is 4.23. The SMILES string of the molecule is CN(C)C(=O)C1CCC2(CCN(Cc3cnn(C)c3)CC2)C1. The average molecular weight is 304 g/mol. The van der Waals surface area contributed by atoms with Crippen LogP contribution in [0.25, 0.3) is 0 Å². The molecule has 1 aromatic heterocycles. The van der Waals surface area contributed by atoms with Crippen LogP contribution in [0.5, 0.6) is 0 Å². The zero-order chi connectivity index (χ0) is 15.7. The van der Waals surface area contributed by atoms with Gasteiger partial charge in [-0.3, -0.25) is 14.4 Å². The van der Waals surface area contributed by atoms with Crippen LogP contribution in [-0.4, -0.2) is 52.7 Å². The molecule has 0 bridgehead atoms. The molecular formula is C17H28N4O. The monoisotopic (exact) mass is 304 g/mol. The minimum Gasteiger partial charge on any atom is -0.349 e. The molecule has 5 heteroatoms. The number of hydrogen-bond donors (Lipinski definition) is 0. The first-order valence-electron chi connectivity index (χ1n) is 8.38. The predicted molar refractivity (Wildman–Crippen MR) is 86.2 cm³/mol. The summed E-state index contributed by atoms with van der Waals surface area (Å²) in [6, 6.07) is 0. The highest BCUT2D eigenvalue weighted by molar-refractivity contribution is 5.78. The predicted octanol–water partition coefficient (Wildman–Crippen LogP) is 1.89. The van der Waals surface area contributed by atoms with E-state index in [2.05, 4.69) is 16.2 Å². The lowest BCUT2D eigenvalue weighted by molar-refractivity contribution is -0.133. The smallest absolute Gasteiger partial charge is 0.225 e. The van der Waals surface area contributed by atoms with Crippen LogP contribution in [0.2, 0.25) is 0 Å². The Morgan fingerprint density at radius 1 is 1.36 bits per heavy atom. The number of aromatic nitrogens is 2. The summed E-state index contributed by atoms with van der Waals surface area (Å²) in [4.78, 5) is 16.5. The topological polar surface area (TPSA) is 41.4 Å². The molecule has 1 aromatic rings. The Bertz CT molecular complexity index is 529. The Labute approximate surface area is 133 Å². The van der Waals surface area contributed by atoms with Gasteiger partial charge in [0, 0.05) is 45.4 Å². The summed E-state index contributed by atoms with van der Waals surface area (Å²) < 4.78 is 1.87. The van der Waals surface area contributed by atoms with E-state index < -0.39 is 0 Å². The van der Waals surface area contributed by atoms with Gasteiger partial charge in [0.15, 0.2) is 0 Å². The largest absolute Gasteiger partial charge is 0.349 e. The second-order valence-electron chi connectivity index (χ2n) is 7.47. The summed E-state index contributed by atoms with van der Waals surface area (Å²) in [5, 5.41) is 4.25. The molecule has 1 atom stereocenters. The van der Waals surface area contributed by atoms with E-state index in [0.717, 1.165) is 32.5 Å². The molecule has 1 saturated heterocycles. The van der Waals surface area contributed by atoms with E-state index in [9.17, 15) is 4.79 Å². The van der Waals surface area contributed by atoms with Crippen molar-refractivity contribution in [3.63, 3.8) is 0 Å². The minimum absolute atomic E-state index is 0.264. The Hall–Kier alpha value is -1.36. The highest BCUT2D eigenvalue weighted by atomic mass is 16.2. The van der Waals surface area contributed by atoms with Crippen LogP contribution in [0.15, 0.2) is 12.4 Å². The molecule has 22 heavy (non-hydrogen) atoms. The van der Waals surface area contributed by atoms with Gasteiger partial charge in [0.25, 0.3) is 0 Å². The molecule has 3 rings (SSSR count). The number of piperidine rings is 1. The molecule has 5 nitrogen and oxygen atoms in total. The van der Waals surface area contributed by atoms with Gasteiger partial charge < -0.3 is 4.90 Å². The lowest BCUT2D eigenvalue weighted by Gasteiger charge is -2.39. The number of carbonyl (C=O) groups excluding carboxylic acids is 1. The van der Waals surface area contributed by atoms with Crippen molar-refractivity contribution < 1.29 is 4.79 Å². The van der Waals surface area contributed by atoms with Gasteiger partial charge in [-0.25, -0.2) is 0 Å². The summed E-state index contributed by atoms with van der Waals surface area (Å²) in [5.41, 5.74) is 1.73. The summed E-state index contributed by atoms with van der Waals surface area (Å²) in [5.74, 6) is 0.592. The van der Waals surface area contributed by atoms with Crippen molar-refractivity contribution in [3.05, 3.63) is 18.0 Å². The van der Waals surface area contributed by atoms with Crippen molar-refractivity contribution in [1.82, 2.24) is 19.6 Å². The first-order chi connectivity index (χ1) is 10.5. The van der Waals surface area contributed by atoms with Gasteiger partial charge >= 0.3 is 0 Å². The van der Waals surface area contributed by atoms with E-state index in [-0.39, 0.29) is 5.92 Å². The van der Waals surface area contributed by atoms with Crippen molar-refractivity contribution in [1.29, 1.82) is 0 Å². The summed E-state index contributed by atoms with van der Waals surface area (Å²) >= 11 is 0. The number of rotatable bonds is 3. The average Bonchev–Trinajstić information content (AvgIpc) is 3.08. The number of aryl methyl sites for hydroxylation is 1. The van der Waals surface area contributed by atoms with Crippen molar-refractivity contribution >= 4 is 5.91 Å². The molecule has 2 aliphatic rings. The molecule has 0 N–H and O–H groups in total. The molecule has 1 spiro atoms. The van der Waals surface area contributed by atoms with Gasteiger partial charge in [0.05, 0.1) is 6.20 Å². The molecule has 1 unspecified atom stereocenters. The maximum Gasteiger partial charge on any atom is 0.225 e. The molecule has 2 heterocycles. The molecule has 2 fully saturated rings. The van der Waals surface area contributed by atoms with Crippen LogP contribution in [0, 0.1) is 11.3 Å². The number of amides is 1. The summed E-state index contributed by atoms with van der Waals surface area (Å²) in [7, 11) is 5.72.